The van der Waals surface area contributed by atoms with E-state index in [-0.39, 0.29) is 31.2 Å². The summed E-state index contributed by atoms with van der Waals surface area (Å²) >= 11 is 0. The minimum atomic E-state index is -0.490. The van der Waals surface area contributed by atoms with E-state index in [1.165, 1.54) is 0 Å². The van der Waals surface area contributed by atoms with Crippen molar-refractivity contribution in [2.75, 3.05) is 79.3 Å². The van der Waals surface area contributed by atoms with E-state index in [1.54, 1.807) is 0 Å². The SMILES string of the molecule is [CH2-]OCC(CO[CH2-])(COCCCC)COCCCC.[CH2-]OCC(O)CCOC1CCCCO1.[CH2-]OCC(O)CCOC1CCCCO1.[Rf].[Rf]. The Morgan fingerprint density at radius 3 is 1.33 bits per heavy atom. The number of aliphatic hydroxyl groups excluding tert-OH is 2. The van der Waals surface area contributed by atoms with Gasteiger partial charge in [0, 0.05) is 52.9 Å². The molecule has 288 valence electrons. The Labute approximate surface area is 286 Å². The van der Waals surface area contributed by atoms with Crippen LogP contribution in [0.5, 0.6) is 0 Å². The van der Waals surface area contributed by atoms with Gasteiger partial charge in [-0.1, -0.05) is 26.7 Å². The Bertz CT molecular complexity index is 577. The summed E-state index contributed by atoms with van der Waals surface area (Å²) in [6.45, 7) is 10.9. The molecule has 0 aliphatic carbocycles. The van der Waals surface area contributed by atoms with Crippen molar-refractivity contribution in [3.63, 3.8) is 0 Å². The Morgan fingerprint density at radius 2 is 1.02 bits per heavy atom. The van der Waals surface area contributed by atoms with Crippen LogP contribution in [0.4, 0.5) is 0 Å². The molecule has 2 saturated heterocycles. The van der Waals surface area contributed by atoms with E-state index in [9.17, 15) is 10.2 Å². The molecule has 14 heteroatoms. The maximum absolute atomic E-state index is 9.29. The minimum absolute atomic E-state index is 0. The Hall–Kier alpha value is -2.48. The first-order valence-electron chi connectivity index (χ1n) is 17.4. The van der Waals surface area contributed by atoms with Crippen LogP contribution < -0.4 is 0 Å². The first kappa shape index (κ1) is 50.9. The van der Waals surface area contributed by atoms with Gasteiger partial charge in [0.05, 0.1) is 44.1 Å². The summed E-state index contributed by atoms with van der Waals surface area (Å²) in [6.07, 6.45) is 10.9. The fraction of sp³-hybridized carbons (Fsp3) is 0.886. The summed E-state index contributed by atoms with van der Waals surface area (Å²) in [5.74, 6) is 0. The fourth-order valence-electron chi connectivity index (χ4n) is 4.55. The van der Waals surface area contributed by atoms with E-state index in [4.69, 9.17) is 37.9 Å². The van der Waals surface area contributed by atoms with Crippen molar-refractivity contribution in [2.24, 2.45) is 5.41 Å². The van der Waals surface area contributed by atoms with E-state index < -0.39 is 12.2 Å². The largest absolute Gasteiger partial charge is 0.554 e. The van der Waals surface area contributed by atoms with E-state index in [0.29, 0.717) is 52.5 Å². The number of aliphatic hydroxyl groups is 2. The molecule has 12 nitrogen and oxygen atoms in total. The number of ether oxygens (including phenoxy) is 10. The van der Waals surface area contributed by atoms with E-state index in [2.05, 4.69) is 51.8 Å². The number of unbranched alkanes of at least 4 members (excludes halogenated alkanes) is 2. The number of rotatable bonds is 26. The third-order valence-corrected chi connectivity index (χ3v) is 7.32. The molecule has 0 aromatic heterocycles. The molecule has 0 radical (unpaired) electrons. The van der Waals surface area contributed by atoms with Gasteiger partial charge in [-0.2, -0.15) is 0 Å². The summed E-state index contributed by atoms with van der Waals surface area (Å²) in [7, 11) is 13.3. The van der Waals surface area contributed by atoms with Gasteiger partial charge >= 0.3 is 0 Å². The van der Waals surface area contributed by atoms with Gasteiger partial charge in [0.15, 0.2) is 12.6 Å². The van der Waals surface area contributed by atoms with Gasteiger partial charge in [0.25, 0.3) is 0 Å². The predicted octanol–water partition coefficient (Wildman–Crippen LogP) is 5.40. The zero-order valence-corrected chi connectivity index (χ0v) is 43.8. The van der Waals surface area contributed by atoms with Crippen LogP contribution in [-0.4, -0.2) is 114 Å². The van der Waals surface area contributed by atoms with Gasteiger partial charge in [-0.15, -0.1) is 0 Å². The van der Waals surface area contributed by atoms with Crippen molar-refractivity contribution in [1.82, 2.24) is 0 Å². The molecule has 2 N–H and O–H groups in total. The number of hydrogen-bond acceptors (Lipinski definition) is 12. The van der Waals surface area contributed by atoms with Crippen molar-refractivity contribution in [2.45, 2.75) is 116 Å². The summed E-state index contributed by atoms with van der Waals surface area (Å²) < 4.78 is 52.3. The number of hydrogen-bond donors (Lipinski definition) is 2. The van der Waals surface area contributed by atoms with Crippen LogP contribution in [-0.2, 0) is 47.4 Å². The normalized spacial score (nSPS) is 18.9. The molecule has 2 fully saturated rings. The second kappa shape index (κ2) is 36.8. The van der Waals surface area contributed by atoms with Crippen LogP contribution in [0.15, 0.2) is 0 Å². The molecule has 0 amide bonds. The average molecular weight is 1210 g/mol. The van der Waals surface area contributed by atoms with Gasteiger partial charge in [0.1, 0.15) is 0 Å². The molecule has 0 bridgehead atoms. The van der Waals surface area contributed by atoms with Gasteiger partial charge in [0.2, 0.25) is 0 Å². The van der Waals surface area contributed by atoms with Crippen molar-refractivity contribution in [3.05, 3.63) is 28.4 Å². The third kappa shape index (κ3) is 30.1. The Balaban J connectivity index is -0.000000644. The maximum Gasteiger partial charge on any atom is 0.157 e. The van der Waals surface area contributed by atoms with E-state index in [0.717, 1.165) is 90.6 Å². The van der Waals surface area contributed by atoms with Gasteiger partial charge in [-0.25, -0.2) is 28.4 Å². The zero-order valence-electron chi connectivity index (χ0n) is 31.0. The van der Waals surface area contributed by atoms with Crippen molar-refractivity contribution in [3.8, 4) is 0 Å². The first-order valence-corrected chi connectivity index (χ1v) is 17.4. The maximum atomic E-state index is 9.29. The second-order valence-corrected chi connectivity index (χ2v) is 12.0. The average Bonchev–Trinajstić information content (AvgIpc) is 3.07. The standard InChI is InChI=1S/C15H30O4.2C10H19O4.2Rf/c1-5-7-9-18-13-15(11-16-3,12-17-4)14-19-10-8-6-2;2*1-12-8-9(11)5-7-14-10-4-2-3-6-13-10;;/h3-14H2,1-2H3;2*9-11H,1-8H2;;/q-2;2*-1;;. The van der Waals surface area contributed by atoms with Gasteiger partial charge in [-0.3, -0.25) is 0 Å². The summed E-state index contributed by atoms with van der Waals surface area (Å²) in [5, 5.41) is 18.6. The molecule has 2 aliphatic rings. The molecule has 0 saturated carbocycles. The quantitative estimate of drug-likeness (QED) is 0.0850. The third-order valence-electron chi connectivity index (χ3n) is 7.32. The van der Waals surface area contributed by atoms with Crippen LogP contribution in [0.1, 0.15) is 90.9 Å². The van der Waals surface area contributed by atoms with Crippen LogP contribution in [0.3, 0.4) is 0 Å². The predicted molar refractivity (Wildman–Crippen MR) is 179 cm³/mol. The van der Waals surface area contributed by atoms with Crippen molar-refractivity contribution in [1.29, 1.82) is 0 Å². The smallest absolute Gasteiger partial charge is 0.157 e. The topological polar surface area (TPSA) is 133 Å². The summed E-state index contributed by atoms with van der Waals surface area (Å²) in [4.78, 5) is 0. The molecule has 2 rings (SSSR count). The summed E-state index contributed by atoms with van der Waals surface area (Å²) in [6, 6.07) is 0. The van der Waals surface area contributed by atoms with Crippen LogP contribution in [0.2, 0.25) is 0 Å². The van der Waals surface area contributed by atoms with Crippen LogP contribution in [0, 0.1) is 33.9 Å². The van der Waals surface area contributed by atoms with Crippen LogP contribution in [0.25, 0.3) is 0 Å². The minimum Gasteiger partial charge on any atom is -0.554 e. The molecule has 4 atom stereocenters. The molecular weight excluding hydrogens is 1150 g/mol. The molecule has 0 aromatic carbocycles. The molecule has 2 heterocycles. The molecule has 0 spiro atoms. The van der Waals surface area contributed by atoms with Crippen molar-refractivity contribution < 1.29 is 57.6 Å². The van der Waals surface area contributed by atoms with Gasteiger partial charge in [-0.05, 0) is 64.2 Å². The molecular formula is C35H68O12Rf2-4. The van der Waals surface area contributed by atoms with E-state index in [1.807, 2.05) is 0 Å². The molecule has 0 aromatic rings. The summed E-state index contributed by atoms with van der Waals surface area (Å²) in [5.41, 5.74) is -0.315. The van der Waals surface area contributed by atoms with Crippen LogP contribution >= 0.6 is 0 Å². The Morgan fingerprint density at radius 1 is 0.612 bits per heavy atom. The fourth-order valence-corrected chi connectivity index (χ4v) is 4.55. The Kier molecular flexibility index (Phi) is 38.2. The second-order valence-electron chi connectivity index (χ2n) is 12.0. The van der Waals surface area contributed by atoms with Gasteiger partial charge < -0.3 is 57.6 Å². The van der Waals surface area contributed by atoms with Crippen molar-refractivity contribution >= 4 is 0 Å². The van der Waals surface area contributed by atoms with E-state index >= 15 is 0 Å². The molecule has 49 heavy (non-hydrogen) atoms. The first-order chi connectivity index (χ1) is 22.9. The monoisotopic (exact) mass is 1210 g/mol. The molecule has 2 aliphatic heterocycles. The zero-order chi connectivity index (χ0) is 34.9. The molecule has 4 unspecified atom stereocenters.